The first-order chi connectivity index (χ1) is 12.8. The molecule has 1 aromatic heterocycles. The molecular weight excluding hydrogens is 352 g/mol. The number of carboxylic acids is 1. The third-order valence-electron chi connectivity index (χ3n) is 4.34. The quantitative estimate of drug-likeness (QED) is 0.545. The van der Waals surface area contributed by atoms with Crippen molar-refractivity contribution in [1.82, 2.24) is 4.57 Å². The van der Waals surface area contributed by atoms with Gasteiger partial charge in [0.25, 0.3) is 5.69 Å². The molecule has 0 spiro atoms. The molecule has 0 saturated heterocycles. The largest absolute Gasteiger partial charge is 0.496 e. The Labute approximate surface area is 153 Å². The van der Waals surface area contributed by atoms with Gasteiger partial charge in [-0.15, -0.1) is 0 Å². The Morgan fingerprint density at radius 2 is 1.93 bits per heavy atom. The summed E-state index contributed by atoms with van der Waals surface area (Å²) >= 11 is 0. The van der Waals surface area contributed by atoms with E-state index < -0.39 is 10.9 Å². The first kappa shape index (κ1) is 18.1. The van der Waals surface area contributed by atoms with Gasteiger partial charge in [-0.3, -0.25) is 19.5 Å². The van der Waals surface area contributed by atoms with Crippen LogP contribution in [0, 0.1) is 10.1 Å². The van der Waals surface area contributed by atoms with Gasteiger partial charge in [-0.2, -0.15) is 0 Å². The summed E-state index contributed by atoms with van der Waals surface area (Å²) in [5, 5.41) is 20.8. The Kier molecular flexibility index (Phi) is 4.64. The summed E-state index contributed by atoms with van der Waals surface area (Å²) in [6.45, 7) is 1.41. The maximum atomic E-state index is 11.9. The van der Waals surface area contributed by atoms with E-state index in [-0.39, 0.29) is 17.2 Å². The third-order valence-corrected chi connectivity index (χ3v) is 4.34. The van der Waals surface area contributed by atoms with Crippen molar-refractivity contribution in [2.24, 2.45) is 0 Å². The van der Waals surface area contributed by atoms with E-state index in [0.717, 1.165) is 0 Å². The molecule has 8 heteroatoms. The number of hydrogen-bond donors (Lipinski definition) is 1. The first-order valence-corrected chi connectivity index (χ1v) is 8.01. The van der Waals surface area contributed by atoms with Crippen LogP contribution in [0.15, 0.2) is 42.6 Å². The lowest BCUT2D eigenvalue weighted by Gasteiger charge is -2.09. The minimum Gasteiger partial charge on any atom is -0.496 e. The number of benzene rings is 2. The van der Waals surface area contributed by atoms with E-state index >= 15 is 0 Å². The Bertz CT molecular complexity index is 1080. The van der Waals surface area contributed by atoms with Gasteiger partial charge in [0.2, 0.25) is 5.91 Å². The van der Waals surface area contributed by atoms with E-state index in [1.165, 1.54) is 42.9 Å². The highest BCUT2D eigenvalue weighted by Gasteiger charge is 2.17. The normalized spacial score (nSPS) is 10.7. The predicted octanol–water partition coefficient (Wildman–Crippen LogP) is 3.51. The Morgan fingerprint density at radius 3 is 2.52 bits per heavy atom. The molecule has 0 amide bonds. The highest BCUT2D eigenvalue weighted by Crippen LogP contribution is 2.30. The molecule has 0 fully saturated rings. The SMILES string of the molecule is COc1cc(C(=O)O)ccc1Cc1cn(C(C)=O)c2ccc([N+](=O)[O-])cc12. The molecule has 3 aromatic rings. The van der Waals surface area contributed by atoms with Crippen molar-refractivity contribution in [3.8, 4) is 5.75 Å². The van der Waals surface area contributed by atoms with Crippen molar-refractivity contribution < 1.29 is 24.4 Å². The van der Waals surface area contributed by atoms with E-state index in [1.54, 1.807) is 18.3 Å². The number of carbonyl (C=O) groups is 2. The molecule has 1 heterocycles. The minimum absolute atomic E-state index is 0.0711. The molecule has 0 radical (unpaired) electrons. The lowest BCUT2D eigenvalue weighted by molar-refractivity contribution is -0.384. The molecule has 0 bridgehead atoms. The van der Waals surface area contributed by atoms with Crippen LogP contribution in [-0.4, -0.2) is 33.6 Å². The molecule has 1 N–H and O–H groups in total. The lowest BCUT2D eigenvalue weighted by atomic mass is 10.0. The summed E-state index contributed by atoms with van der Waals surface area (Å²) in [7, 11) is 1.44. The van der Waals surface area contributed by atoms with Gasteiger partial charge in [0.15, 0.2) is 0 Å². The number of aromatic nitrogens is 1. The zero-order valence-corrected chi connectivity index (χ0v) is 14.6. The highest BCUT2D eigenvalue weighted by atomic mass is 16.6. The second kappa shape index (κ2) is 6.91. The van der Waals surface area contributed by atoms with Crippen LogP contribution in [0.1, 0.15) is 33.2 Å². The molecule has 0 unspecified atom stereocenters. The molecule has 3 rings (SSSR count). The summed E-state index contributed by atoms with van der Waals surface area (Å²) in [5.41, 5.74) is 2.00. The maximum absolute atomic E-state index is 11.9. The standard InChI is InChI=1S/C19H16N2O6/c1-11(22)20-10-14(16-9-15(21(25)26)5-6-17(16)20)7-12-3-4-13(19(23)24)8-18(12)27-2/h3-6,8-10H,7H2,1-2H3,(H,23,24). The van der Waals surface area contributed by atoms with Crippen LogP contribution in [-0.2, 0) is 6.42 Å². The number of nitro groups is 1. The molecule has 8 nitrogen and oxygen atoms in total. The number of non-ortho nitro benzene ring substituents is 1. The summed E-state index contributed by atoms with van der Waals surface area (Å²) in [5.74, 6) is -0.888. The highest BCUT2D eigenvalue weighted by molar-refractivity contribution is 5.95. The van der Waals surface area contributed by atoms with Crippen LogP contribution in [0.25, 0.3) is 10.9 Å². The average molecular weight is 368 g/mol. The van der Waals surface area contributed by atoms with Gasteiger partial charge in [-0.05, 0) is 29.3 Å². The molecule has 0 atom stereocenters. The number of nitro benzene ring substituents is 1. The first-order valence-electron chi connectivity index (χ1n) is 8.01. The second-order valence-corrected chi connectivity index (χ2v) is 6.01. The second-order valence-electron chi connectivity index (χ2n) is 6.01. The fraction of sp³-hybridized carbons (Fsp3) is 0.158. The van der Waals surface area contributed by atoms with Gasteiger partial charge in [0.1, 0.15) is 5.75 Å². The summed E-state index contributed by atoms with van der Waals surface area (Å²) in [4.78, 5) is 33.7. The lowest BCUT2D eigenvalue weighted by Crippen LogP contribution is -2.03. The predicted molar refractivity (Wildman–Crippen MR) is 97.7 cm³/mol. The van der Waals surface area contributed by atoms with Crippen LogP contribution in [0.4, 0.5) is 5.69 Å². The monoisotopic (exact) mass is 368 g/mol. The summed E-state index contributed by atoms with van der Waals surface area (Å²) in [6.07, 6.45) is 1.96. The van der Waals surface area contributed by atoms with Crippen LogP contribution >= 0.6 is 0 Å². The number of ether oxygens (including phenoxy) is 1. The van der Waals surface area contributed by atoms with E-state index in [1.807, 2.05) is 0 Å². The van der Waals surface area contributed by atoms with Gasteiger partial charge < -0.3 is 9.84 Å². The smallest absolute Gasteiger partial charge is 0.335 e. The van der Waals surface area contributed by atoms with E-state index in [2.05, 4.69) is 0 Å². The average Bonchev–Trinajstić information content (AvgIpc) is 3.00. The Balaban J connectivity index is 2.14. The molecule has 0 saturated carbocycles. The number of carbonyl (C=O) groups excluding carboxylic acids is 1. The minimum atomic E-state index is -1.07. The number of nitrogens with zero attached hydrogens (tertiary/aromatic N) is 2. The number of carboxylic acid groups (broad SMARTS) is 1. The Morgan fingerprint density at radius 1 is 1.19 bits per heavy atom. The molecule has 0 aliphatic rings. The van der Waals surface area contributed by atoms with Gasteiger partial charge in [-0.25, -0.2) is 4.79 Å². The molecule has 138 valence electrons. The fourth-order valence-corrected chi connectivity index (χ4v) is 3.03. The summed E-state index contributed by atoms with van der Waals surface area (Å²) < 4.78 is 6.73. The van der Waals surface area contributed by atoms with E-state index in [4.69, 9.17) is 9.84 Å². The van der Waals surface area contributed by atoms with Gasteiger partial charge >= 0.3 is 5.97 Å². The van der Waals surface area contributed by atoms with Crippen molar-refractivity contribution in [2.45, 2.75) is 13.3 Å². The van der Waals surface area contributed by atoms with E-state index in [0.29, 0.717) is 34.2 Å². The van der Waals surface area contributed by atoms with Gasteiger partial charge in [0, 0.05) is 37.1 Å². The van der Waals surface area contributed by atoms with Crippen LogP contribution in [0.2, 0.25) is 0 Å². The van der Waals surface area contributed by atoms with Crippen molar-refractivity contribution >= 4 is 28.5 Å². The van der Waals surface area contributed by atoms with Gasteiger partial charge in [0.05, 0.1) is 23.1 Å². The van der Waals surface area contributed by atoms with Crippen LogP contribution in [0.5, 0.6) is 5.75 Å². The zero-order chi connectivity index (χ0) is 19.7. The van der Waals surface area contributed by atoms with Gasteiger partial charge in [-0.1, -0.05) is 6.07 Å². The topological polar surface area (TPSA) is 112 Å². The zero-order valence-electron chi connectivity index (χ0n) is 14.6. The van der Waals surface area contributed by atoms with Crippen LogP contribution < -0.4 is 4.74 Å². The van der Waals surface area contributed by atoms with E-state index in [9.17, 15) is 19.7 Å². The maximum Gasteiger partial charge on any atom is 0.335 e. The number of aromatic carboxylic acids is 1. The number of rotatable bonds is 5. The molecule has 2 aromatic carbocycles. The fourth-order valence-electron chi connectivity index (χ4n) is 3.03. The number of hydrogen-bond acceptors (Lipinski definition) is 5. The van der Waals surface area contributed by atoms with Crippen molar-refractivity contribution in [3.05, 3.63) is 69.4 Å². The molecular formula is C19H16N2O6. The van der Waals surface area contributed by atoms with Crippen molar-refractivity contribution in [3.63, 3.8) is 0 Å². The van der Waals surface area contributed by atoms with Crippen molar-refractivity contribution in [1.29, 1.82) is 0 Å². The molecule has 0 aliphatic heterocycles. The summed E-state index contributed by atoms with van der Waals surface area (Å²) in [6, 6.07) is 8.85. The number of fused-ring (bicyclic) bond motifs is 1. The molecule has 0 aliphatic carbocycles. The van der Waals surface area contributed by atoms with Crippen molar-refractivity contribution in [2.75, 3.05) is 7.11 Å². The Hall–Kier alpha value is -3.68. The number of methoxy groups -OCH3 is 1. The third kappa shape index (κ3) is 3.37. The van der Waals surface area contributed by atoms with Crippen LogP contribution in [0.3, 0.4) is 0 Å². The molecule has 27 heavy (non-hydrogen) atoms.